The predicted octanol–water partition coefficient (Wildman–Crippen LogP) is 1.72. The molecule has 1 aromatic heterocycles. The Bertz CT molecular complexity index is 380. The molecular weight excluding hydrogens is 192 g/mol. The quantitative estimate of drug-likeness (QED) is 0.817. The van der Waals surface area contributed by atoms with Crippen LogP contribution in [0.4, 0.5) is 0 Å². The lowest BCUT2D eigenvalue weighted by Gasteiger charge is -2.17. The van der Waals surface area contributed by atoms with E-state index in [1.54, 1.807) is 19.9 Å². The van der Waals surface area contributed by atoms with Gasteiger partial charge in [-0.3, -0.25) is 4.79 Å². The zero-order chi connectivity index (χ0) is 11.1. The minimum atomic E-state index is -0.963. The van der Waals surface area contributed by atoms with Crippen molar-refractivity contribution in [2.24, 2.45) is 0 Å². The number of rotatable bonds is 3. The molecule has 0 aliphatic heterocycles. The lowest BCUT2D eigenvalue weighted by molar-refractivity contribution is -0.142. The molecular formula is C11H14N2O2. The Morgan fingerprint density at radius 3 is 2.47 bits per heavy atom. The van der Waals surface area contributed by atoms with Gasteiger partial charge in [-0.05, 0) is 38.8 Å². The highest BCUT2D eigenvalue weighted by Crippen LogP contribution is 2.38. The van der Waals surface area contributed by atoms with Crippen molar-refractivity contribution < 1.29 is 9.90 Å². The third-order valence-corrected chi connectivity index (χ3v) is 2.86. The molecule has 1 aliphatic carbocycles. The molecule has 1 aliphatic rings. The van der Waals surface area contributed by atoms with Crippen molar-refractivity contribution in [3.8, 4) is 0 Å². The van der Waals surface area contributed by atoms with Crippen molar-refractivity contribution in [1.82, 2.24) is 10.2 Å². The maximum atomic E-state index is 11.0. The van der Waals surface area contributed by atoms with Crippen molar-refractivity contribution in [2.45, 2.75) is 38.0 Å². The molecule has 0 unspecified atom stereocenters. The molecule has 4 heteroatoms. The Morgan fingerprint density at radius 1 is 1.40 bits per heavy atom. The molecule has 1 aromatic rings. The maximum absolute atomic E-state index is 11.0. The Balaban J connectivity index is 2.26. The van der Waals surface area contributed by atoms with Crippen molar-refractivity contribution in [2.75, 3.05) is 0 Å². The van der Waals surface area contributed by atoms with E-state index in [9.17, 15) is 4.79 Å². The van der Waals surface area contributed by atoms with E-state index in [0.29, 0.717) is 11.6 Å². The van der Waals surface area contributed by atoms with Crippen LogP contribution in [0, 0.1) is 0 Å². The Morgan fingerprint density at radius 2 is 2.07 bits per heavy atom. The highest BCUT2D eigenvalue weighted by Gasteiger charge is 2.32. The second kappa shape index (κ2) is 3.29. The number of carbonyl (C=O) groups is 1. The average molecular weight is 206 g/mol. The fourth-order valence-corrected chi connectivity index (χ4v) is 1.38. The van der Waals surface area contributed by atoms with E-state index in [1.165, 1.54) is 12.8 Å². The van der Waals surface area contributed by atoms with E-state index < -0.39 is 11.4 Å². The standard InChI is InChI=1S/C11H14N2O2/c1-11(2,10(14)15)9-6-5-8(12-13-9)7-3-4-7/h5-7H,3-4H2,1-2H3,(H,14,15). The minimum absolute atomic E-state index is 0.513. The van der Waals surface area contributed by atoms with E-state index >= 15 is 0 Å². The molecule has 80 valence electrons. The zero-order valence-electron chi connectivity index (χ0n) is 8.90. The number of aliphatic carboxylic acids is 1. The van der Waals surface area contributed by atoms with E-state index in [4.69, 9.17) is 5.11 Å². The molecule has 0 aromatic carbocycles. The van der Waals surface area contributed by atoms with Gasteiger partial charge in [-0.2, -0.15) is 10.2 Å². The van der Waals surface area contributed by atoms with Gasteiger partial charge in [-0.1, -0.05) is 0 Å². The minimum Gasteiger partial charge on any atom is -0.481 e. The SMILES string of the molecule is CC(C)(C(=O)O)c1ccc(C2CC2)nn1. The van der Waals surface area contributed by atoms with Crippen LogP contribution in [0.2, 0.25) is 0 Å². The summed E-state index contributed by atoms with van der Waals surface area (Å²) >= 11 is 0. The van der Waals surface area contributed by atoms with E-state index in [-0.39, 0.29) is 0 Å². The van der Waals surface area contributed by atoms with Gasteiger partial charge in [0.2, 0.25) is 0 Å². The molecule has 0 atom stereocenters. The van der Waals surface area contributed by atoms with Crippen LogP contribution in [0.25, 0.3) is 0 Å². The topological polar surface area (TPSA) is 63.1 Å². The third-order valence-electron chi connectivity index (χ3n) is 2.86. The van der Waals surface area contributed by atoms with Gasteiger partial charge in [-0.15, -0.1) is 0 Å². The number of carboxylic acid groups (broad SMARTS) is 1. The Hall–Kier alpha value is -1.45. The van der Waals surface area contributed by atoms with Crippen molar-refractivity contribution in [3.63, 3.8) is 0 Å². The summed E-state index contributed by atoms with van der Waals surface area (Å²) in [6.07, 6.45) is 2.35. The second-order valence-electron chi connectivity index (χ2n) is 4.55. The summed E-state index contributed by atoms with van der Waals surface area (Å²) < 4.78 is 0. The normalized spacial score (nSPS) is 16.4. The summed E-state index contributed by atoms with van der Waals surface area (Å²) in [7, 11) is 0. The lowest BCUT2D eigenvalue weighted by atomic mass is 9.89. The molecule has 15 heavy (non-hydrogen) atoms. The smallest absolute Gasteiger partial charge is 0.315 e. The van der Waals surface area contributed by atoms with Gasteiger partial charge in [0.25, 0.3) is 0 Å². The largest absolute Gasteiger partial charge is 0.481 e. The van der Waals surface area contributed by atoms with Crippen LogP contribution in [0.1, 0.15) is 44.0 Å². The number of carboxylic acids is 1. The molecule has 1 fully saturated rings. The molecule has 0 spiro atoms. The van der Waals surface area contributed by atoms with Crippen LogP contribution < -0.4 is 0 Å². The van der Waals surface area contributed by atoms with Crippen LogP contribution in [0.5, 0.6) is 0 Å². The van der Waals surface area contributed by atoms with Gasteiger partial charge in [0.1, 0.15) is 5.41 Å². The summed E-state index contributed by atoms with van der Waals surface area (Å²) in [6, 6.07) is 3.67. The monoisotopic (exact) mass is 206 g/mol. The first kappa shape index (κ1) is 10.1. The third kappa shape index (κ3) is 1.84. The van der Waals surface area contributed by atoms with Crippen LogP contribution in [0.3, 0.4) is 0 Å². The Kier molecular flexibility index (Phi) is 2.21. The first-order chi connectivity index (χ1) is 7.01. The predicted molar refractivity (Wildman–Crippen MR) is 54.7 cm³/mol. The van der Waals surface area contributed by atoms with Gasteiger partial charge < -0.3 is 5.11 Å². The fraction of sp³-hybridized carbons (Fsp3) is 0.545. The van der Waals surface area contributed by atoms with Crippen molar-refractivity contribution >= 4 is 5.97 Å². The van der Waals surface area contributed by atoms with Crippen LogP contribution in [-0.4, -0.2) is 21.3 Å². The van der Waals surface area contributed by atoms with Crippen LogP contribution in [-0.2, 0) is 10.2 Å². The first-order valence-electron chi connectivity index (χ1n) is 5.09. The first-order valence-corrected chi connectivity index (χ1v) is 5.09. The number of hydrogen-bond acceptors (Lipinski definition) is 3. The molecule has 0 saturated heterocycles. The maximum Gasteiger partial charge on any atom is 0.315 e. The molecule has 1 saturated carbocycles. The van der Waals surface area contributed by atoms with Gasteiger partial charge >= 0.3 is 5.97 Å². The highest BCUT2D eigenvalue weighted by atomic mass is 16.4. The number of nitrogens with zero attached hydrogens (tertiary/aromatic N) is 2. The summed E-state index contributed by atoms with van der Waals surface area (Å²) in [6.45, 7) is 3.27. The highest BCUT2D eigenvalue weighted by molar-refractivity contribution is 5.79. The van der Waals surface area contributed by atoms with Crippen molar-refractivity contribution in [1.29, 1.82) is 0 Å². The van der Waals surface area contributed by atoms with Crippen LogP contribution >= 0.6 is 0 Å². The molecule has 0 bridgehead atoms. The van der Waals surface area contributed by atoms with Crippen molar-refractivity contribution in [3.05, 3.63) is 23.5 Å². The molecule has 1 heterocycles. The van der Waals surface area contributed by atoms with E-state index in [0.717, 1.165) is 5.69 Å². The van der Waals surface area contributed by atoms with E-state index in [2.05, 4.69) is 10.2 Å². The fourth-order valence-electron chi connectivity index (χ4n) is 1.38. The van der Waals surface area contributed by atoms with Crippen LogP contribution in [0.15, 0.2) is 12.1 Å². The summed E-state index contributed by atoms with van der Waals surface area (Å²) in [5.41, 5.74) is 0.536. The lowest BCUT2D eigenvalue weighted by Crippen LogP contribution is -2.30. The molecule has 1 N–H and O–H groups in total. The average Bonchev–Trinajstić information content (AvgIpc) is 3.01. The number of aromatic nitrogens is 2. The molecule has 0 radical (unpaired) electrons. The molecule has 2 rings (SSSR count). The summed E-state index contributed by atoms with van der Waals surface area (Å²) in [5, 5.41) is 17.1. The van der Waals surface area contributed by atoms with Gasteiger partial charge in [0.05, 0.1) is 11.4 Å². The van der Waals surface area contributed by atoms with Gasteiger partial charge in [-0.25, -0.2) is 0 Å². The van der Waals surface area contributed by atoms with E-state index in [1.807, 2.05) is 6.07 Å². The van der Waals surface area contributed by atoms with Gasteiger partial charge in [0, 0.05) is 5.92 Å². The molecule has 4 nitrogen and oxygen atoms in total. The number of hydrogen-bond donors (Lipinski definition) is 1. The summed E-state index contributed by atoms with van der Waals surface area (Å²) in [4.78, 5) is 11.0. The van der Waals surface area contributed by atoms with Gasteiger partial charge in [0.15, 0.2) is 0 Å². The Labute approximate surface area is 88.3 Å². The summed E-state index contributed by atoms with van der Waals surface area (Å²) in [5.74, 6) is -0.324. The second-order valence-corrected chi connectivity index (χ2v) is 4.55. The zero-order valence-corrected chi connectivity index (χ0v) is 8.90. The molecule has 0 amide bonds.